The van der Waals surface area contributed by atoms with Crippen LogP contribution in [0.3, 0.4) is 0 Å². The normalized spacial score (nSPS) is 14.9. The molecule has 0 unspecified atom stereocenters. The van der Waals surface area contributed by atoms with Gasteiger partial charge in [-0.2, -0.15) is 0 Å². The quantitative estimate of drug-likeness (QED) is 0.876. The first kappa shape index (κ1) is 19.2. The Kier molecular flexibility index (Phi) is 6.35. The number of hydrogen-bond donors (Lipinski definition) is 1. The van der Waals surface area contributed by atoms with E-state index in [1.807, 2.05) is 36.1 Å². The van der Waals surface area contributed by atoms with Gasteiger partial charge >= 0.3 is 6.03 Å². The molecular weight excluding hydrogens is 338 g/mol. The van der Waals surface area contributed by atoms with Crippen LogP contribution in [0, 0.1) is 13.8 Å². The summed E-state index contributed by atoms with van der Waals surface area (Å²) in [5, 5.41) is 3.05. The molecule has 0 atom stereocenters. The van der Waals surface area contributed by atoms with E-state index in [1.165, 1.54) is 11.1 Å². The average molecular weight is 367 g/mol. The molecular formula is C22H29N3O2. The molecule has 27 heavy (non-hydrogen) atoms. The Morgan fingerprint density at radius 3 is 2.37 bits per heavy atom. The highest BCUT2D eigenvalue weighted by Gasteiger charge is 2.21. The van der Waals surface area contributed by atoms with E-state index in [0.29, 0.717) is 0 Å². The number of carbonyl (C=O) groups is 1. The molecule has 2 amide bonds. The van der Waals surface area contributed by atoms with Crippen LogP contribution in [-0.2, 0) is 6.42 Å². The monoisotopic (exact) mass is 367 g/mol. The van der Waals surface area contributed by atoms with Crippen molar-refractivity contribution in [3.63, 3.8) is 0 Å². The van der Waals surface area contributed by atoms with E-state index in [0.717, 1.165) is 56.1 Å². The van der Waals surface area contributed by atoms with Gasteiger partial charge in [0.2, 0.25) is 0 Å². The van der Waals surface area contributed by atoms with E-state index >= 15 is 0 Å². The molecule has 1 N–H and O–H groups in total. The van der Waals surface area contributed by atoms with Gasteiger partial charge in [0.1, 0.15) is 5.75 Å². The fourth-order valence-electron chi connectivity index (χ4n) is 3.40. The highest BCUT2D eigenvalue weighted by atomic mass is 16.5. The van der Waals surface area contributed by atoms with E-state index < -0.39 is 0 Å². The first-order chi connectivity index (χ1) is 13.0. The summed E-state index contributed by atoms with van der Waals surface area (Å²) in [5.74, 6) is 0.891. The minimum atomic E-state index is -0.00300. The summed E-state index contributed by atoms with van der Waals surface area (Å²) >= 11 is 0. The minimum absolute atomic E-state index is 0.00300. The third-order valence-corrected chi connectivity index (χ3v) is 5.16. The third-order valence-electron chi connectivity index (χ3n) is 5.16. The molecule has 5 nitrogen and oxygen atoms in total. The Balaban J connectivity index is 1.44. The van der Waals surface area contributed by atoms with Crippen molar-refractivity contribution in [3.05, 3.63) is 59.2 Å². The molecule has 1 aliphatic rings. The number of nitrogens with zero attached hydrogens (tertiary/aromatic N) is 2. The fourth-order valence-corrected chi connectivity index (χ4v) is 3.40. The Morgan fingerprint density at radius 2 is 1.74 bits per heavy atom. The number of amides is 2. The molecule has 1 heterocycles. The summed E-state index contributed by atoms with van der Waals surface area (Å²) in [6.07, 6.45) is 1.01. The van der Waals surface area contributed by atoms with Crippen molar-refractivity contribution in [2.45, 2.75) is 20.3 Å². The molecule has 0 aromatic heterocycles. The van der Waals surface area contributed by atoms with Crippen molar-refractivity contribution >= 4 is 11.7 Å². The third kappa shape index (κ3) is 5.23. The smallest absolute Gasteiger partial charge is 0.321 e. The maximum absolute atomic E-state index is 12.5. The number of ether oxygens (including phenoxy) is 1. The summed E-state index contributed by atoms with van der Waals surface area (Å²) in [6, 6.07) is 14.3. The topological polar surface area (TPSA) is 44.8 Å². The highest BCUT2D eigenvalue weighted by Crippen LogP contribution is 2.17. The lowest BCUT2D eigenvalue weighted by molar-refractivity contribution is 0.148. The Labute approximate surface area is 161 Å². The van der Waals surface area contributed by atoms with E-state index in [9.17, 15) is 4.79 Å². The SMILES string of the molecule is COc1ccc(CCN2CCN(C(=O)Nc3ccc(C)cc3C)CC2)cc1. The predicted molar refractivity (Wildman–Crippen MR) is 110 cm³/mol. The molecule has 0 radical (unpaired) electrons. The number of benzene rings is 2. The van der Waals surface area contributed by atoms with Crippen LogP contribution in [0.5, 0.6) is 5.75 Å². The van der Waals surface area contributed by atoms with Crippen molar-refractivity contribution in [3.8, 4) is 5.75 Å². The van der Waals surface area contributed by atoms with Gasteiger partial charge < -0.3 is 15.0 Å². The summed E-state index contributed by atoms with van der Waals surface area (Å²) in [5.41, 5.74) is 4.51. The number of aryl methyl sites for hydroxylation is 2. The molecule has 0 saturated carbocycles. The first-order valence-corrected chi connectivity index (χ1v) is 9.53. The van der Waals surface area contributed by atoms with E-state index in [-0.39, 0.29) is 6.03 Å². The minimum Gasteiger partial charge on any atom is -0.497 e. The number of anilines is 1. The van der Waals surface area contributed by atoms with Crippen LogP contribution in [-0.4, -0.2) is 55.7 Å². The first-order valence-electron chi connectivity index (χ1n) is 9.53. The van der Waals surface area contributed by atoms with Gasteiger partial charge in [-0.25, -0.2) is 4.79 Å². The summed E-state index contributed by atoms with van der Waals surface area (Å²) in [4.78, 5) is 16.9. The maximum atomic E-state index is 12.5. The summed E-state index contributed by atoms with van der Waals surface area (Å²) in [6.45, 7) is 8.45. The lowest BCUT2D eigenvalue weighted by Gasteiger charge is -2.34. The van der Waals surface area contributed by atoms with Gasteiger partial charge in [-0.1, -0.05) is 29.8 Å². The van der Waals surface area contributed by atoms with E-state index in [1.54, 1.807) is 7.11 Å². The zero-order valence-electron chi connectivity index (χ0n) is 16.5. The second kappa shape index (κ2) is 8.91. The zero-order chi connectivity index (χ0) is 19.2. The standard InChI is InChI=1S/C22H29N3O2/c1-17-4-9-21(18(2)16-17)23-22(26)25-14-12-24(13-15-25)11-10-19-5-7-20(27-3)8-6-19/h4-9,16H,10-15H2,1-3H3,(H,23,26). The zero-order valence-corrected chi connectivity index (χ0v) is 16.5. The number of nitrogens with one attached hydrogen (secondary N) is 1. The molecule has 2 aromatic rings. The van der Waals surface area contributed by atoms with Gasteiger partial charge in [0, 0.05) is 38.4 Å². The van der Waals surface area contributed by atoms with Crippen molar-refractivity contribution in [2.24, 2.45) is 0 Å². The summed E-state index contributed by atoms with van der Waals surface area (Å²) in [7, 11) is 1.69. The lowest BCUT2D eigenvalue weighted by atomic mass is 10.1. The van der Waals surface area contributed by atoms with Crippen LogP contribution in [0.25, 0.3) is 0 Å². The molecule has 1 fully saturated rings. The molecule has 144 valence electrons. The van der Waals surface area contributed by atoms with Crippen molar-refractivity contribution in [1.82, 2.24) is 9.80 Å². The second-order valence-corrected chi connectivity index (χ2v) is 7.18. The number of rotatable bonds is 5. The van der Waals surface area contributed by atoms with Crippen LogP contribution >= 0.6 is 0 Å². The molecule has 0 spiro atoms. The van der Waals surface area contributed by atoms with E-state index in [2.05, 4.69) is 35.3 Å². The van der Waals surface area contributed by atoms with Gasteiger partial charge in [0.15, 0.2) is 0 Å². The highest BCUT2D eigenvalue weighted by molar-refractivity contribution is 5.90. The molecule has 1 saturated heterocycles. The lowest BCUT2D eigenvalue weighted by Crippen LogP contribution is -2.50. The number of piperazine rings is 1. The molecule has 3 rings (SSSR count). The van der Waals surface area contributed by atoms with Crippen molar-refractivity contribution in [1.29, 1.82) is 0 Å². The average Bonchev–Trinajstić information content (AvgIpc) is 2.69. The Bertz CT molecular complexity index is 766. The summed E-state index contributed by atoms with van der Waals surface area (Å²) < 4.78 is 5.20. The molecule has 1 aliphatic heterocycles. The largest absolute Gasteiger partial charge is 0.497 e. The van der Waals surface area contributed by atoms with Crippen molar-refractivity contribution < 1.29 is 9.53 Å². The molecule has 2 aromatic carbocycles. The molecule has 0 bridgehead atoms. The Morgan fingerprint density at radius 1 is 1.04 bits per heavy atom. The van der Waals surface area contributed by atoms with Crippen LogP contribution in [0.15, 0.2) is 42.5 Å². The van der Waals surface area contributed by atoms with E-state index in [4.69, 9.17) is 4.74 Å². The van der Waals surface area contributed by atoms with Crippen LogP contribution in [0.2, 0.25) is 0 Å². The van der Waals surface area contributed by atoms with Crippen LogP contribution in [0.1, 0.15) is 16.7 Å². The Hall–Kier alpha value is -2.53. The molecule has 0 aliphatic carbocycles. The van der Waals surface area contributed by atoms with Gasteiger partial charge in [0.05, 0.1) is 7.11 Å². The fraction of sp³-hybridized carbons (Fsp3) is 0.409. The maximum Gasteiger partial charge on any atom is 0.321 e. The van der Waals surface area contributed by atoms with Crippen LogP contribution < -0.4 is 10.1 Å². The van der Waals surface area contributed by atoms with Crippen molar-refractivity contribution in [2.75, 3.05) is 45.2 Å². The predicted octanol–water partition coefficient (Wildman–Crippen LogP) is 3.70. The number of methoxy groups -OCH3 is 1. The van der Waals surface area contributed by atoms with Gasteiger partial charge in [-0.3, -0.25) is 4.90 Å². The number of hydrogen-bond acceptors (Lipinski definition) is 3. The number of carbonyl (C=O) groups excluding carboxylic acids is 1. The van der Waals surface area contributed by atoms with Crippen LogP contribution in [0.4, 0.5) is 10.5 Å². The molecule has 5 heteroatoms. The van der Waals surface area contributed by atoms with Gasteiger partial charge in [0.25, 0.3) is 0 Å². The van der Waals surface area contributed by atoms with Gasteiger partial charge in [-0.15, -0.1) is 0 Å². The second-order valence-electron chi connectivity index (χ2n) is 7.18. The number of urea groups is 1. The van der Waals surface area contributed by atoms with Gasteiger partial charge in [-0.05, 0) is 49.6 Å².